The second-order valence-electron chi connectivity index (χ2n) is 4.87. The number of rotatable bonds is 3. The van der Waals surface area contributed by atoms with Gasteiger partial charge in [0.05, 0.1) is 0 Å². The minimum absolute atomic E-state index is 0.308. The molecular weight excluding hydrogens is 221 g/mol. The first-order chi connectivity index (χ1) is 7.27. The first kappa shape index (κ1) is 12.9. The molecule has 0 unspecified atom stereocenters. The van der Waals surface area contributed by atoms with Crippen LogP contribution in [0.3, 0.4) is 0 Å². The predicted octanol–water partition coefficient (Wildman–Crippen LogP) is 3.42. The monoisotopic (exact) mass is 237 g/mol. The van der Waals surface area contributed by atoms with Crippen molar-refractivity contribution in [3.05, 3.63) is 35.6 Å². The van der Waals surface area contributed by atoms with Crippen LogP contribution < -0.4 is 0 Å². The van der Waals surface area contributed by atoms with Gasteiger partial charge in [-0.2, -0.15) is 5.26 Å². The first-order valence-electron chi connectivity index (χ1n) is 5.14. The maximum absolute atomic E-state index is 12.8. The summed E-state index contributed by atoms with van der Waals surface area (Å²) in [6.07, 6.45) is 0. The standard InChI is InChI=1S/C12H16FNOSi/c1-12(9-14,15-16(2,3)4)10-5-7-11(13)8-6-10/h5-8H,1-4H3/t12-/m0/s1. The molecule has 1 aromatic rings. The van der Waals surface area contributed by atoms with E-state index in [4.69, 9.17) is 4.43 Å². The Morgan fingerprint density at radius 2 is 1.75 bits per heavy atom. The maximum Gasteiger partial charge on any atom is 0.186 e. The van der Waals surface area contributed by atoms with Gasteiger partial charge < -0.3 is 4.43 Å². The van der Waals surface area contributed by atoms with Crippen LogP contribution >= 0.6 is 0 Å². The number of hydrogen-bond acceptors (Lipinski definition) is 2. The Balaban J connectivity index is 3.06. The lowest BCUT2D eigenvalue weighted by molar-refractivity contribution is 0.141. The zero-order chi connectivity index (χ0) is 12.4. The van der Waals surface area contributed by atoms with E-state index in [2.05, 4.69) is 6.07 Å². The fraction of sp³-hybridized carbons (Fsp3) is 0.417. The molecule has 86 valence electrons. The second kappa shape index (κ2) is 4.36. The van der Waals surface area contributed by atoms with Gasteiger partial charge >= 0.3 is 0 Å². The van der Waals surface area contributed by atoms with Gasteiger partial charge in [-0.15, -0.1) is 0 Å². The van der Waals surface area contributed by atoms with Crippen LogP contribution in [-0.2, 0) is 10.0 Å². The van der Waals surface area contributed by atoms with Crippen molar-refractivity contribution in [1.29, 1.82) is 5.26 Å². The Morgan fingerprint density at radius 3 is 2.12 bits per heavy atom. The highest BCUT2D eigenvalue weighted by atomic mass is 28.4. The van der Waals surface area contributed by atoms with Crippen molar-refractivity contribution in [3.63, 3.8) is 0 Å². The van der Waals surface area contributed by atoms with E-state index in [0.717, 1.165) is 0 Å². The van der Waals surface area contributed by atoms with Crippen molar-refractivity contribution in [1.82, 2.24) is 0 Å². The first-order valence-corrected chi connectivity index (χ1v) is 8.55. The number of halogens is 1. The van der Waals surface area contributed by atoms with E-state index >= 15 is 0 Å². The van der Waals surface area contributed by atoms with Gasteiger partial charge in [0.2, 0.25) is 0 Å². The van der Waals surface area contributed by atoms with E-state index in [0.29, 0.717) is 5.56 Å². The SMILES string of the molecule is C[C@@](C#N)(O[Si](C)(C)C)c1ccc(F)cc1. The third-order valence-electron chi connectivity index (χ3n) is 2.12. The van der Waals surface area contributed by atoms with E-state index in [-0.39, 0.29) is 5.82 Å². The summed E-state index contributed by atoms with van der Waals surface area (Å²) in [6, 6.07) is 8.04. The van der Waals surface area contributed by atoms with E-state index in [1.54, 1.807) is 19.1 Å². The minimum atomic E-state index is -1.83. The minimum Gasteiger partial charge on any atom is -0.397 e. The zero-order valence-corrected chi connectivity index (χ0v) is 11.0. The Morgan fingerprint density at radius 1 is 1.25 bits per heavy atom. The third kappa shape index (κ3) is 3.16. The topological polar surface area (TPSA) is 33.0 Å². The molecule has 4 heteroatoms. The van der Waals surface area contributed by atoms with Crippen molar-refractivity contribution in [2.24, 2.45) is 0 Å². The van der Waals surface area contributed by atoms with Crippen LogP contribution in [0.4, 0.5) is 4.39 Å². The molecule has 0 fully saturated rings. The predicted molar refractivity (Wildman–Crippen MR) is 63.8 cm³/mol. The summed E-state index contributed by atoms with van der Waals surface area (Å²) in [5.41, 5.74) is -0.295. The molecule has 0 bridgehead atoms. The average molecular weight is 237 g/mol. The highest BCUT2D eigenvalue weighted by Gasteiger charge is 2.33. The van der Waals surface area contributed by atoms with Crippen molar-refractivity contribution in [2.75, 3.05) is 0 Å². The highest BCUT2D eigenvalue weighted by Crippen LogP contribution is 2.28. The molecule has 0 aromatic heterocycles. The van der Waals surface area contributed by atoms with Gasteiger partial charge in [-0.25, -0.2) is 4.39 Å². The Labute approximate surface area is 96.8 Å². The van der Waals surface area contributed by atoms with Crippen LogP contribution in [0.15, 0.2) is 24.3 Å². The van der Waals surface area contributed by atoms with Gasteiger partial charge in [-0.1, -0.05) is 12.1 Å². The molecule has 0 amide bonds. The fourth-order valence-corrected chi connectivity index (χ4v) is 2.91. The van der Waals surface area contributed by atoms with Crippen molar-refractivity contribution >= 4 is 8.32 Å². The van der Waals surface area contributed by atoms with Gasteiger partial charge in [-0.05, 0) is 44.3 Å². The molecule has 0 radical (unpaired) electrons. The second-order valence-corrected chi connectivity index (χ2v) is 9.30. The van der Waals surface area contributed by atoms with Crippen molar-refractivity contribution in [2.45, 2.75) is 32.2 Å². The molecule has 2 nitrogen and oxygen atoms in total. The molecule has 0 aliphatic heterocycles. The number of benzene rings is 1. The highest BCUT2D eigenvalue weighted by molar-refractivity contribution is 6.69. The fourth-order valence-electron chi connectivity index (χ4n) is 1.53. The Kier molecular flexibility index (Phi) is 3.51. The normalized spacial score (nSPS) is 15.2. The molecule has 1 aromatic carbocycles. The van der Waals surface area contributed by atoms with Crippen LogP contribution in [0.5, 0.6) is 0 Å². The third-order valence-corrected chi connectivity index (χ3v) is 3.14. The maximum atomic E-state index is 12.8. The molecule has 16 heavy (non-hydrogen) atoms. The van der Waals surface area contributed by atoms with Crippen LogP contribution in [0.25, 0.3) is 0 Å². The lowest BCUT2D eigenvalue weighted by atomic mass is 9.98. The van der Waals surface area contributed by atoms with Crippen LogP contribution in [-0.4, -0.2) is 8.32 Å². The zero-order valence-electron chi connectivity index (χ0n) is 10.0. The molecule has 0 saturated heterocycles. The molecule has 1 rings (SSSR count). The molecule has 0 saturated carbocycles. The largest absolute Gasteiger partial charge is 0.397 e. The Hall–Kier alpha value is -1.18. The summed E-state index contributed by atoms with van der Waals surface area (Å²) in [5.74, 6) is -0.308. The summed E-state index contributed by atoms with van der Waals surface area (Å²) in [7, 11) is -1.83. The van der Waals surface area contributed by atoms with Crippen LogP contribution in [0.1, 0.15) is 12.5 Å². The molecule has 0 aliphatic rings. The summed E-state index contributed by atoms with van der Waals surface area (Å²) < 4.78 is 18.7. The molecule has 0 heterocycles. The van der Waals surface area contributed by atoms with Crippen LogP contribution in [0.2, 0.25) is 19.6 Å². The molecular formula is C12H16FNOSi. The van der Waals surface area contributed by atoms with Crippen molar-refractivity contribution in [3.8, 4) is 6.07 Å². The number of nitrogens with zero attached hydrogens (tertiary/aromatic N) is 1. The van der Waals surface area contributed by atoms with Crippen LogP contribution in [0, 0.1) is 17.1 Å². The Bertz CT molecular complexity index is 405. The summed E-state index contributed by atoms with van der Waals surface area (Å²) >= 11 is 0. The van der Waals surface area contributed by atoms with E-state index < -0.39 is 13.9 Å². The average Bonchev–Trinajstić information content (AvgIpc) is 2.16. The molecule has 0 aliphatic carbocycles. The van der Waals surface area contributed by atoms with Gasteiger partial charge in [0.1, 0.15) is 11.9 Å². The number of hydrogen-bond donors (Lipinski definition) is 0. The molecule has 0 spiro atoms. The molecule has 0 N–H and O–H groups in total. The van der Waals surface area contributed by atoms with Gasteiger partial charge in [0.15, 0.2) is 13.9 Å². The lowest BCUT2D eigenvalue weighted by Crippen LogP contribution is -2.37. The number of nitriles is 1. The smallest absolute Gasteiger partial charge is 0.186 e. The van der Waals surface area contributed by atoms with Gasteiger partial charge in [0, 0.05) is 0 Å². The molecule has 1 atom stereocenters. The van der Waals surface area contributed by atoms with E-state index in [1.165, 1.54) is 12.1 Å². The quantitative estimate of drug-likeness (QED) is 0.755. The summed E-state index contributed by atoms with van der Waals surface area (Å²) in [5, 5.41) is 9.22. The van der Waals surface area contributed by atoms with Gasteiger partial charge in [0.25, 0.3) is 0 Å². The van der Waals surface area contributed by atoms with Crippen molar-refractivity contribution < 1.29 is 8.82 Å². The van der Waals surface area contributed by atoms with E-state index in [9.17, 15) is 9.65 Å². The lowest BCUT2D eigenvalue weighted by Gasteiger charge is -2.30. The summed E-state index contributed by atoms with van der Waals surface area (Å²) in [4.78, 5) is 0. The van der Waals surface area contributed by atoms with Gasteiger partial charge in [-0.3, -0.25) is 0 Å². The summed E-state index contributed by atoms with van der Waals surface area (Å²) in [6.45, 7) is 7.78. The van der Waals surface area contributed by atoms with E-state index in [1.807, 2.05) is 19.6 Å².